The number of hydrogen-bond acceptors (Lipinski definition) is 6. The number of nitrogens with one attached hydrogen (secondary N) is 1. The Morgan fingerprint density at radius 1 is 0.943 bits per heavy atom. The Balaban J connectivity index is 1.26. The standard InChI is InChI=1S/C27H19ClN6S/c1-17-5-2-3-8-22(17)27-33-24(15-35-27)18-9-11-20(12-10-18)32-25-23-14-31-34(26(23)30-16-29-25)21-7-4-6-19(28)13-21/h2-16H,1H3,(H,29,30,32). The lowest BCUT2D eigenvalue weighted by Gasteiger charge is -2.08. The first-order valence-electron chi connectivity index (χ1n) is 11.0. The Hall–Kier alpha value is -4.07. The van der Waals surface area contributed by atoms with E-state index in [-0.39, 0.29) is 0 Å². The van der Waals surface area contributed by atoms with E-state index < -0.39 is 0 Å². The first-order valence-corrected chi connectivity index (χ1v) is 12.3. The molecule has 0 aliphatic carbocycles. The predicted molar refractivity (Wildman–Crippen MR) is 143 cm³/mol. The minimum absolute atomic E-state index is 0.643. The molecule has 3 aromatic carbocycles. The molecule has 170 valence electrons. The van der Waals surface area contributed by atoms with Crippen molar-refractivity contribution in [3.8, 4) is 27.5 Å². The van der Waals surface area contributed by atoms with E-state index in [1.54, 1.807) is 22.2 Å². The van der Waals surface area contributed by atoms with Crippen molar-refractivity contribution in [3.63, 3.8) is 0 Å². The summed E-state index contributed by atoms with van der Waals surface area (Å²) in [5.74, 6) is 0.687. The van der Waals surface area contributed by atoms with Gasteiger partial charge in [0, 0.05) is 27.2 Å². The fourth-order valence-corrected chi connectivity index (χ4v) is 5.05. The first kappa shape index (κ1) is 21.5. The second-order valence-electron chi connectivity index (χ2n) is 8.05. The van der Waals surface area contributed by atoms with Crippen LogP contribution in [0.3, 0.4) is 0 Å². The van der Waals surface area contributed by atoms with E-state index in [1.807, 2.05) is 48.5 Å². The summed E-state index contributed by atoms with van der Waals surface area (Å²) in [6.45, 7) is 2.11. The SMILES string of the molecule is Cc1ccccc1-c1nc(-c2ccc(Nc3ncnc4c3cnn4-c3cccc(Cl)c3)cc2)cs1. The van der Waals surface area contributed by atoms with Crippen LogP contribution in [0.15, 0.2) is 90.7 Å². The Bertz CT molecular complexity index is 1650. The zero-order valence-electron chi connectivity index (χ0n) is 18.7. The molecule has 6 aromatic rings. The van der Waals surface area contributed by atoms with Gasteiger partial charge in [-0.3, -0.25) is 0 Å². The molecule has 0 radical (unpaired) electrons. The van der Waals surface area contributed by atoms with Crippen LogP contribution in [0.4, 0.5) is 11.5 Å². The van der Waals surface area contributed by atoms with Crippen molar-refractivity contribution in [2.75, 3.05) is 5.32 Å². The number of fused-ring (bicyclic) bond motifs is 1. The second-order valence-corrected chi connectivity index (χ2v) is 9.35. The third-order valence-electron chi connectivity index (χ3n) is 5.74. The van der Waals surface area contributed by atoms with E-state index in [9.17, 15) is 0 Å². The van der Waals surface area contributed by atoms with Gasteiger partial charge in [0.05, 0.1) is 23.0 Å². The monoisotopic (exact) mass is 494 g/mol. The summed E-state index contributed by atoms with van der Waals surface area (Å²) in [6.07, 6.45) is 3.29. The number of benzene rings is 3. The summed E-state index contributed by atoms with van der Waals surface area (Å²) in [5.41, 5.74) is 6.89. The van der Waals surface area contributed by atoms with Gasteiger partial charge < -0.3 is 5.32 Å². The van der Waals surface area contributed by atoms with Crippen molar-refractivity contribution in [3.05, 3.63) is 101 Å². The fraction of sp³-hybridized carbons (Fsp3) is 0.0370. The van der Waals surface area contributed by atoms with Crippen LogP contribution in [0, 0.1) is 6.92 Å². The average Bonchev–Trinajstić information content (AvgIpc) is 3.53. The molecule has 8 heteroatoms. The molecular weight excluding hydrogens is 476 g/mol. The normalized spacial score (nSPS) is 11.1. The Labute approximate surface area is 210 Å². The predicted octanol–water partition coefficient (Wildman–Crippen LogP) is 7.31. The molecule has 0 saturated carbocycles. The fourth-order valence-electron chi connectivity index (χ4n) is 3.94. The highest BCUT2D eigenvalue weighted by Crippen LogP contribution is 2.32. The molecule has 35 heavy (non-hydrogen) atoms. The van der Waals surface area contributed by atoms with Gasteiger partial charge >= 0.3 is 0 Å². The van der Waals surface area contributed by atoms with Gasteiger partial charge in [0.15, 0.2) is 5.65 Å². The second kappa shape index (κ2) is 8.94. The van der Waals surface area contributed by atoms with Gasteiger partial charge in [-0.15, -0.1) is 11.3 Å². The van der Waals surface area contributed by atoms with Gasteiger partial charge in [0.25, 0.3) is 0 Å². The zero-order valence-corrected chi connectivity index (χ0v) is 20.3. The maximum Gasteiger partial charge on any atom is 0.168 e. The van der Waals surface area contributed by atoms with E-state index in [2.05, 4.69) is 57.0 Å². The van der Waals surface area contributed by atoms with Crippen molar-refractivity contribution in [2.45, 2.75) is 6.92 Å². The Morgan fingerprint density at radius 3 is 2.63 bits per heavy atom. The summed E-state index contributed by atoms with van der Waals surface area (Å²) >= 11 is 7.82. The molecule has 0 fully saturated rings. The van der Waals surface area contributed by atoms with Crippen molar-refractivity contribution in [1.29, 1.82) is 0 Å². The molecular formula is C27H19ClN6S. The van der Waals surface area contributed by atoms with E-state index in [0.717, 1.165) is 33.0 Å². The van der Waals surface area contributed by atoms with Gasteiger partial charge in [-0.25, -0.2) is 19.6 Å². The summed E-state index contributed by atoms with van der Waals surface area (Å²) in [4.78, 5) is 13.7. The summed E-state index contributed by atoms with van der Waals surface area (Å²) in [6, 6.07) is 24.0. The number of anilines is 2. The van der Waals surface area contributed by atoms with Crippen molar-refractivity contribution in [2.24, 2.45) is 0 Å². The molecule has 0 saturated heterocycles. The third-order valence-corrected chi connectivity index (χ3v) is 6.85. The highest BCUT2D eigenvalue weighted by atomic mass is 35.5. The van der Waals surface area contributed by atoms with Crippen LogP contribution in [-0.2, 0) is 0 Å². The van der Waals surface area contributed by atoms with E-state index in [1.165, 1.54) is 17.5 Å². The van der Waals surface area contributed by atoms with Crippen LogP contribution in [0.1, 0.15) is 5.56 Å². The molecule has 3 heterocycles. The van der Waals surface area contributed by atoms with Crippen LogP contribution in [0.2, 0.25) is 5.02 Å². The molecule has 0 aliphatic heterocycles. The van der Waals surface area contributed by atoms with Crippen molar-refractivity contribution < 1.29 is 0 Å². The molecule has 0 atom stereocenters. The molecule has 1 N–H and O–H groups in total. The Kier molecular flexibility index (Phi) is 5.48. The zero-order chi connectivity index (χ0) is 23.8. The van der Waals surface area contributed by atoms with Crippen molar-refractivity contribution >= 4 is 45.5 Å². The van der Waals surface area contributed by atoms with Crippen LogP contribution in [-0.4, -0.2) is 24.7 Å². The molecule has 6 nitrogen and oxygen atoms in total. The third kappa shape index (κ3) is 4.16. The minimum Gasteiger partial charge on any atom is -0.340 e. The number of halogens is 1. The number of rotatable bonds is 5. The quantitative estimate of drug-likeness (QED) is 0.272. The van der Waals surface area contributed by atoms with Crippen LogP contribution >= 0.6 is 22.9 Å². The highest BCUT2D eigenvalue weighted by Gasteiger charge is 2.13. The van der Waals surface area contributed by atoms with Gasteiger partial charge in [-0.2, -0.15) is 5.10 Å². The highest BCUT2D eigenvalue weighted by molar-refractivity contribution is 7.13. The molecule has 0 aliphatic rings. The van der Waals surface area contributed by atoms with Gasteiger partial charge in [0.2, 0.25) is 0 Å². The van der Waals surface area contributed by atoms with Gasteiger partial charge in [0.1, 0.15) is 17.2 Å². The minimum atomic E-state index is 0.643. The maximum absolute atomic E-state index is 6.16. The summed E-state index contributed by atoms with van der Waals surface area (Å²) in [7, 11) is 0. The number of nitrogens with zero attached hydrogens (tertiary/aromatic N) is 5. The topological polar surface area (TPSA) is 68.5 Å². The van der Waals surface area contributed by atoms with Crippen LogP contribution in [0.5, 0.6) is 0 Å². The lowest BCUT2D eigenvalue weighted by atomic mass is 10.1. The van der Waals surface area contributed by atoms with Crippen LogP contribution in [0.25, 0.3) is 38.5 Å². The van der Waals surface area contributed by atoms with E-state index >= 15 is 0 Å². The molecule has 3 aromatic heterocycles. The maximum atomic E-state index is 6.16. The molecule has 6 rings (SSSR count). The average molecular weight is 495 g/mol. The van der Waals surface area contributed by atoms with Crippen LogP contribution < -0.4 is 5.32 Å². The van der Waals surface area contributed by atoms with Crippen molar-refractivity contribution in [1.82, 2.24) is 24.7 Å². The molecule has 0 unspecified atom stereocenters. The summed E-state index contributed by atoms with van der Waals surface area (Å²) in [5, 5.41) is 12.5. The number of aromatic nitrogens is 5. The van der Waals surface area contributed by atoms with E-state index in [0.29, 0.717) is 16.5 Å². The smallest absolute Gasteiger partial charge is 0.168 e. The number of aryl methyl sites for hydroxylation is 1. The number of thiazole rings is 1. The van der Waals surface area contributed by atoms with Gasteiger partial charge in [-0.1, -0.05) is 54.1 Å². The Morgan fingerprint density at radius 2 is 1.80 bits per heavy atom. The molecule has 0 amide bonds. The number of hydrogen-bond donors (Lipinski definition) is 1. The van der Waals surface area contributed by atoms with E-state index in [4.69, 9.17) is 16.6 Å². The van der Waals surface area contributed by atoms with Gasteiger partial charge in [-0.05, 0) is 42.8 Å². The lowest BCUT2D eigenvalue weighted by molar-refractivity contribution is 0.895. The molecule has 0 bridgehead atoms. The molecule has 0 spiro atoms. The first-order chi connectivity index (χ1) is 17.2. The summed E-state index contributed by atoms with van der Waals surface area (Å²) < 4.78 is 1.76. The lowest BCUT2D eigenvalue weighted by Crippen LogP contribution is -1.99. The largest absolute Gasteiger partial charge is 0.340 e.